The Morgan fingerprint density at radius 1 is 1.00 bits per heavy atom. The normalized spacial score (nSPS) is 10.7. The zero-order valence-electron chi connectivity index (χ0n) is 11.0. The predicted molar refractivity (Wildman–Crippen MR) is 80.9 cm³/mol. The number of anilines is 1. The lowest BCUT2D eigenvalue weighted by Gasteiger charge is -2.14. The first-order valence-corrected chi connectivity index (χ1v) is 6.33. The first kappa shape index (κ1) is 12.9. The average Bonchev–Trinajstić information content (AvgIpc) is 2.48. The molecule has 5 nitrogen and oxygen atoms in total. The van der Waals surface area contributed by atoms with E-state index in [-0.39, 0.29) is 5.69 Å². The lowest BCUT2D eigenvalue weighted by molar-refractivity contribution is 0.0696. The van der Waals surface area contributed by atoms with Crippen molar-refractivity contribution in [3.63, 3.8) is 0 Å². The molecule has 1 heterocycles. The zero-order chi connectivity index (χ0) is 15.0. The Kier molecular flexibility index (Phi) is 2.95. The molecule has 3 N–H and O–H groups in total. The molecule has 0 saturated heterocycles. The maximum atomic E-state index is 12.5. The molecule has 0 aliphatic carbocycles. The first-order chi connectivity index (χ1) is 10.1. The van der Waals surface area contributed by atoms with Crippen molar-refractivity contribution < 1.29 is 9.90 Å². The van der Waals surface area contributed by atoms with Crippen molar-refractivity contribution in [2.24, 2.45) is 0 Å². The summed E-state index contributed by atoms with van der Waals surface area (Å²) in [6, 6.07) is 15.9. The van der Waals surface area contributed by atoms with Crippen molar-refractivity contribution in [3.8, 4) is 5.69 Å². The number of aromatic nitrogens is 1. The second kappa shape index (κ2) is 4.79. The van der Waals surface area contributed by atoms with Crippen LogP contribution in [-0.2, 0) is 0 Å². The summed E-state index contributed by atoms with van der Waals surface area (Å²) in [5, 5.41) is 9.82. The van der Waals surface area contributed by atoms with Crippen molar-refractivity contribution in [1.29, 1.82) is 0 Å². The van der Waals surface area contributed by atoms with Crippen molar-refractivity contribution >= 4 is 22.6 Å². The fourth-order valence-corrected chi connectivity index (χ4v) is 2.41. The number of carbonyl (C=O) groups is 1. The van der Waals surface area contributed by atoms with Gasteiger partial charge >= 0.3 is 5.97 Å². The first-order valence-electron chi connectivity index (χ1n) is 6.33. The topological polar surface area (TPSA) is 85.3 Å². The number of nitrogens with two attached hydrogens (primary N) is 1. The van der Waals surface area contributed by atoms with Gasteiger partial charge in [-0.3, -0.25) is 9.36 Å². The van der Waals surface area contributed by atoms with E-state index < -0.39 is 17.1 Å². The van der Waals surface area contributed by atoms with Crippen molar-refractivity contribution in [3.05, 3.63) is 70.5 Å². The largest absolute Gasteiger partial charge is 0.477 e. The van der Waals surface area contributed by atoms with Crippen LogP contribution < -0.4 is 11.3 Å². The van der Waals surface area contributed by atoms with Crippen molar-refractivity contribution in [2.45, 2.75) is 0 Å². The van der Waals surface area contributed by atoms with Crippen LogP contribution in [0.1, 0.15) is 10.4 Å². The Labute approximate surface area is 119 Å². The summed E-state index contributed by atoms with van der Waals surface area (Å²) in [6.07, 6.45) is 0. The number of nitrogen functional groups attached to an aromatic ring is 1. The second-order valence-corrected chi connectivity index (χ2v) is 4.59. The van der Waals surface area contributed by atoms with Gasteiger partial charge in [0.1, 0.15) is 5.56 Å². The van der Waals surface area contributed by atoms with E-state index in [0.717, 1.165) is 0 Å². The minimum absolute atomic E-state index is 0.00437. The number of nitrogens with zero attached hydrogens (tertiary/aromatic N) is 1. The third kappa shape index (κ3) is 1.95. The van der Waals surface area contributed by atoms with E-state index in [1.807, 2.05) is 6.07 Å². The minimum atomic E-state index is -1.33. The molecule has 0 saturated carbocycles. The van der Waals surface area contributed by atoms with Gasteiger partial charge in [0.15, 0.2) is 0 Å². The fourth-order valence-electron chi connectivity index (χ4n) is 2.41. The van der Waals surface area contributed by atoms with Crippen LogP contribution in [0.25, 0.3) is 16.6 Å². The Morgan fingerprint density at radius 3 is 2.29 bits per heavy atom. The van der Waals surface area contributed by atoms with Gasteiger partial charge in [0.25, 0.3) is 5.56 Å². The highest BCUT2D eigenvalue weighted by Crippen LogP contribution is 2.24. The van der Waals surface area contributed by atoms with E-state index in [1.54, 1.807) is 48.5 Å². The fraction of sp³-hybridized carbons (Fsp3) is 0. The minimum Gasteiger partial charge on any atom is -0.477 e. The molecule has 0 atom stereocenters. The van der Waals surface area contributed by atoms with E-state index >= 15 is 0 Å². The zero-order valence-corrected chi connectivity index (χ0v) is 11.0. The summed E-state index contributed by atoms with van der Waals surface area (Å²) in [5.74, 6) is -1.33. The van der Waals surface area contributed by atoms with Gasteiger partial charge in [-0.25, -0.2) is 4.79 Å². The van der Waals surface area contributed by atoms with Gasteiger partial charge in [0, 0.05) is 11.1 Å². The quantitative estimate of drug-likeness (QED) is 0.754. The van der Waals surface area contributed by atoms with Gasteiger partial charge < -0.3 is 10.8 Å². The average molecular weight is 280 g/mol. The van der Waals surface area contributed by atoms with E-state index in [4.69, 9.17) is 5.73 Å². The molecule has 0 aliphatic heterocycles. The predicted octanol–water partition coefficient (Wildman–Crippen LogP) is 2.27. The molecule has 0 bridgehead atoms. The summed E-state index contributed by atoms with van der Waals surface area (Å²) in [4.78, 5) is 23.9. The van der Waals surface area contributed by atoms with E-state index in [2.05, 4.69) is 0 Å². The number of pyridine rings is 1. The number of rotatable bonds is 2. The number of hydrogen-bond acceptors (Lipinski definition) is 3. The Hall–Kier alpha value is -3.08. The number of fused-ring (bicyclic) bond motifs is 1. The number of para-hydroxylation sites is 2. The van der Waals surface area contributed by atoms with E-state index in [1.165, 1.54) is 4.57 Å². The van der Waals surface area contributed by atoms with Crippen LogP contribution in [0.5, 0.6) is 0 Å². The third-order valence-corrected chi connectivity index (χ3v) is 3.35. The summed E-state index contributed by atoms with van der Waals surface area (Å²) < 4.78 is 1.37. The monoisotopic (exact) mass is 280 g/mol. The molecule has 0 unspecified atom stereocenters. The third-order valence-electron chi connectivity index (χ3n) is 3.35. The molecule has 104 valence electrons. The number of carboxylic acids is 1. The highest BCUT2D eigenvalue weighted by atomic mass is 16.4. The number of benzene rings is 2. The van der Waals surface area contributed by atoms with Gasteiger partial charge in [-0.1, -0.05) is 36.4 Å². The number of carboxylic acid groups (broad SMARTS) is 1. The lowest BCUT2D eigenvalue weighted by Crippen LogP contribution is -2.27. The highest BCUT2D eigenvalue weighted by molar-refractivity contribution is 6.03. The van der Waals surface area contributed by atoms with Crippen molar-refractivity contribution in [1.82, 2.24) is 4.57 Å². The number of aromatic carboxylic acids is 1. The van der Waals surface area contributed by atoms with Crippen LogP contribution in [0.3, 0.4) is 0 Å². The van der Waals surface area contributed by atoms with Crippen LogP contribution in [0, 0.1) is 0 Å². The molecular weight excluding hydrogens is 268 g/mol. The number of hydrogen-bond donors (Lipinski definition) is 2. The summed E-state index contributed by atoms with van der Waals surface area (Å²) in [5.41, 5.74) is 6.01. The molecule has 0 spiro atoms. The van der Waals surface area contributed by atoms with Crippen LogP contribution in [0.2, 0.25) is 0 Å². The second-order valence-electron chi connectivity index (χ2n) is 4.59. The molecule has 2 aromatic carbocycles. The molecule has 0 radical (unpaired) electrons. The van der Waals surface area contributed by atoms with Gasteiger partial charge in [0.05, 0.1) is 11.2 Å². The summed E-state index contributed by atoms with van der Waals surface area (Å²) >= 11 is 0. The van der Waals surface area contributed by atoms with Crippen LogP contribution in [-0.4, -0.2) is 15.6 Å². The standard InChI is InChI=1S/C16H12N2O3/c17-14-11-8-4-5-9-12(11)18(10-6-2-1-3-7-10)15(19)13(14)16(20)21/h1-9H,17H2,(H,20,21). The molecule has 0 amide bonds. The Balaban J connectivity index is 2.55. The van der Waals surface area contributed by atoms with Gasteiger partial charge in [-0.2, -0.15) is 0 Å². The molecule has 21 heavy (non-hydrogen) atoms. The summed E-state index contributed by atoms with van der Waals surface area (Å²) in [7, 11) is 0. The maximum absolute atomic E-state index is 12.5. The SMILES string of the molecule is Nc1c(C(=O)O)c(=O)n(-c2ccccc2)c2ccccc12. The highest BCUT2D eigenvalue weighted by Gasteiger charge is 2.20. The molecule has 3 aromatic rings. The molecule has 1 aromatic heterocycles. The molecule has 3 rings (SSSR count). The maximum Gasteiger partial charge on any atom is 0.343 e. The van der Waals surface area contributed by atoms with Gasteiger partial charge in [-0.15, -0.1) is 0 Å². The van der Waals surface area contributed by atoms with E-state index in [9.17, 15) is 14.7 Å². The van der Waals surface area contributed by atoms with Crippen LogP contribution in [0.15, 0.2) is 59.4 Å². The molecule has 0 aliphatic rings. The Morgan fingerprint density at radius 2 is 1.62 bits per heavy atom. The molecular formula is C16H12N2O3. The lowest BCUT2D eigenvalue weighted by atomic mass is 10.1. The molecule has 5 heteroatoms. The Bertz CT molecular complexity index is 899. The van der Waals surface area contributed by atoms with E-state index in [0.29, 0.717) is 16.6 Å². The van der Waals surface area contributed by atoms with Gasteiger partial charge in [0.2, 0.25) is 0 Å². The molecule has 0 fully saturated rings. The smallest absolute Gasteiger partial charge is 0.343 e. The summed E-state index contributed by atoms with van der Waals surface area (Å²) in [6.45, 7) is 0. The van der Waals surface area contributed by atoms with Crippen LogP contribution in [0.4, 0.5) is 5.69 Å². The van der Waals surface area contributed by atoms with Gasteiger partial charge in [-0.05, 0) is 18.2 Å². The van der Waals surface area contributed by atoms with Crippen LogP contribution >= 0.6 is 0 Å². The van der Waals surface area contributed by atoms with Crippen molar-refractivity contribution in [2.75, 3.05) is 5.73 Å².